The number of anilines is 3. The van der Waals surface area contributed by atoms with Gasteiger partial charge < -0.3 is 9.47 Å². The van der Waals surface area contributed by atoms with E-state index in [4.69, 9.17) is 15.0 Å². The van der Waals surface area contributed by atoms with Gasteiger partial charge in [0.2, 0.25) is 0 Å². The van der Waals surface area contributed by atoms with E-state index in [1.54, 1.807) is 0 Å². The molecule has 9 aromatic carbocycles. The van der Waals surface area contributed by atoms with E-state index in [1.807, 2.05) is 60.7 Å². The quantitative estimate of drug-likeness (QED) is 0.146. The van der Waals surface area contributed by atoms with Crippen molar-refractivity contribution in [2.45, 2.75) is 0 Å². The molecule has 0 fully saturated rings. The van der Waals surface area contributed by atoms with E-state index >= 15 is 0 Å². The minimum absolute atomic E-state index is 0.635. The van der Waals surface area contributed by atoms with Gasteiger partial charge in [-0.3, -0.25) is 0 Å². The van der Waals surface area contributed by atoms with Crippen LogP contribution in [0.5, 0.6) is 0 Å². The van der Waals surface area contributed by atoms with Crippen LogP contribution >= 0.6 is 0 Å². The third kappa shape index (κ3) is 6.87. The summed E-state index contributed by atoms with van der Waals surface area (Å²) < 4.78 is 2.35. The summed E-state index contributed by atoms with van der Waals surface area (Å²) in [6.45, 7) is 0. The van der Waals surface area contributed by atoms with Gasteiger partial charge in [0.1, 0.15) is 0 Å². The van der Waals surface area contributed by atoms with Gasteiger partial charge in [-0.05, 0) is 89.5 Å². The van der Waals surface area contributed by atoms with Crippen molar-refractivity contribution in [3.63, 3.8) is 0 Å². The van der Waals surface area contributed by atoms with Crippen LogP contribution < -0.4 is 4.90 Å². The Kier molecular flexibility index (Phi) is 9.45. The normalized spacial score (nSPS) is 11.2. The first kappa shape index (κ1) is 36.7. The monoisotopic (exact) mass is 793 g/mol. The molecule has 0 N–H and O–H groups in total. The van der Waals surface area contributed by atoms with Gasteiger partial charge in [-0.1, -0.05) is 164 Å². The first-order chi connectivity index (χ1) is 30.7. The molecule has 0 atom stereocenters. The van der Waals surface area contributed by atoms with Crippen LogP contribution in [0, 0.1) is 0 Å². The number of fused-ring (bicyclic) bond motifs is 3. The van der Waals surface area contributed by atoms with Gasteiger partial charge in [0.05, 0.1) is 16.7 Å². The van der Waals surface area contributed by atoms with Crippen LogP contribution in [0.4, 0.5) is 17.1 Å². The smallest absolute Gasteiger partial charge is 0.164 e. The van der Waals surface area contributed by atoms with Crippen LogP contribution in [0.3, 0.4) is 0 Å². The summed E-state index contributed by atoms with van der Waals surface area (Å²) in [6.07, 6.45) is 0. The number of aromatic nitrogens is 4. The molecule has 0 bridgehead atoms. The minimum atomic E-state index is 0.635. The zero-order valence-electron chi connectivity index (χ0n) is 33.8. The van der Waals surface area contributed by atoms with Gasteiger partial charge in [-0.15, -0.1) is 0 Å². The Morgan fingerprint density at radius 2 is 0.742 bits per heavy atom. The highest BCUT2D eigenvalue weighted by molar-refractivity contribution is 6.10. The molecule has 0 spiro atoms. The van der Waals surface area contributed by atoms with Crippen LogP contribution in [-0.2, 0) is 0 Å². The summed E-state index contributed by atoms with van der Waals surface area (Å²) in [5.74, 6) is 1.93. The highest BCUT2D eigenvalue weighted by Gasteiger charge is 2.18. The lowest BCUT2D eigenvalue weighted by Crippen LogP contribution is -2.10. The zero-order chi connectivity index (χ0) is 41.2. The number of nitrogens with zero attached hydrogens (tertiary/aromatic N) is 5. The molecular formula is C57H39N5. The molecule has 0 unspecified atom stereocenters. The third-order valence-corrected chi connectivity index (χ3v) is 11.5. The third-order valence-electron chi connectivity index (χ3n) is 11.5. The number of benzene rings is 9. The maximum Gasteiger partial charge on any atom is 0.164 e. The highest BCUT2D eigenvalue weighted by Crippen LogP contribution is 2.41. The molecule has 2 heterocycles. The number of hydrogen-bond donors (Lipinski definition) is 0. The first-order valence-electron chi connectivity index (χ1n) is 20.9. The van der Waals surface area contributed by atoms with Crippen LogP contribution in [0.15, 0.2) is 237 Å². The molecule has 5 heteroatoms. The molecule has 0 aliphatic rings. The van der Waals surface area contributed by atoms with Gasteiger partial charge in [-0.25, -0.2) is 15.0 Å². The van der Waals surface area contributed by atoms with Crippen molar-refractivity contribution in [3.05, 3.63) is 237 Å². The van der Waals surface area contributed by atoms with Crippen molar-refractivity contribution >= 4 is 38.9 Å². The number of hydrogen-bond acceptors (Lipinski definition) is 4. The molecule has 292 valence electrons. The Morgan fingerprint density at radius 3 is 1.34 bits per heavy atom. The summed E-state index contributed by atoms with van der Waals surface area (Å²) in [6, 6.07) is 83.0. The fourth-order valence-corrected chi connectivity index (χ4v) is 8.46. The van der Waals surface area contributed by atoms with E-state index in [0.29, 0.717) is 17.5 Å². The molecule has 0 aliphatic heterocycles. The van der Waals surface area contributed by atoms with Crippen molar-refractivity contribution in [1.29, 1.82) is 0 Å². The second-order valence-corrected chi connectivity index (χ2v) is 15.3. The SMILES string of the molecule is c1ccc(-c2nc(-c3ccccc3)nc(-c3ccc(-n4c5ccccc5c5cc(-c6ccc(-c7ccccc7N(c7ccccc7)c7ccccc7)cc6)ccc54)cc3)n2)cc1. The van der Waals surface area contributed by atoms with E-state index < -0.39 is 0 Å². The van der Waals surface area contributed by atoms with E-state index in [-0.39, 0.29) is 0 Å². The fraction of sp³-hybridized carbons (Fsp3) is 0. The second kappa shape index (κ2) is 16.0. The van der Waals surface area contributed by atoms with Gasteiger partial charge in [0.15, 0.2) is 17.5 Å². The first-order valence-corrected chi connectivity index (χ1v) is 20.9. The van der Waals surface area contributed by atoms with E-state index in [9.17, 15) is 0 Å². The average molecular weight is 794 g/mol. The molecule has 5 nitrogen and oxygen atoms in total. The summed E-state index contributed by atoms with van der Waals surface area (Å²) in [5, 5.41) is 2.41. The molecular weight excluding hydrogens is 755 g/mol. The minimum Gasteiger partial charge on any atom is -0.310 e. The largest absolute Gasteiger partial charge is 0.310 e. The van der Waals surface area contributed by atoms with Crippen molar-refractivity contribution < 1.29 is 0 Å². The van der Waals surface area contributed by atoms with Crippen molar-refractivity contribution in [1.82, 2.24) is 19.5 Å². The van der Waals surface area contributed by atoms with Crippen LogP contribution in [0.1, 0.15) is 0 Å². The number of para-hydroxylation sites is 4. The Hall–Kier alpha value is -8.41. The van der Waals surface area contributed by atoms with E-state index in [1.165, 1.54) is 27.5 Å². The van der Waals surface area contributed by atoms with Gasteiger partial charge in [0, 0.05) is 50.1 Å². The second-order valence-electron chi connectivity index (χ2n) is 15.3. The Morgan fingerprint density at radius 1 is 0.306 bits per heavy atom. The standard InChI is InChI=1S/C57H39N5/c1-5-17-42(18-6-1)55-58-56(43-19-7-2-8-20-43)60-57(59-55)44-33-36-48(37-34-44)62-53-28-16-14-26-50(53)51-39-45(35-38-54(51)62)40-29-31-41(32-30-40)49-25-13-15-27-52(49)61(46-21-9-3-10-22-46)47-23-11-4-12-24-47/h1-39H. The van der Waals surface area contributed by atoms with Gasteiger partial charge in [0.25, 0.3) is 0 Å². The van der Waals surface area contributed by atoms with Crippen molar-refractivity contribution in [3.8, 4) is 62.1 Å². The molecule has 62 heavy (non-hydrogen) atoms. The van der Waals surface area contributed by atoms with E-state index in [2.05, 4.69) is 185 Å². The van der Waals surface area contributed by atoms with Crippen molar-refractivity contribution in [2.24, 2.45) is 0 Å². The predicted octanol–water partition coefficient (Wildman–Crippen LogP) is 14.8. The highest BCUT2D eigenvalue weighted by atomic mass is 15.1. The van der Waals surface area contributed by atoms with Crippen LogP contribution in [-0.4, -0.2) is 19.5 Å². The summed E-state index contributed by atoms with van der Waals surface area (Å²) in [4.78, 5) is 17.1. The Labute approximate surface area is 360 Å². The molecule has 0 saturated carbocycles. The zero-order valence-corrected chi connectivity index (χ0v) is 33.8. The molecule has 2 aromatic heterocycles. The molecule has 0 radical (unpaired) electrons. The summed E-state index contributed by atoms with van der Waals surface area (Å²) >= 11 is 0. The summed E-state index contributed by atoms with van der Waals surface area (Å²) in [5.41, 5.74) is 14.2. The molecule has 0 saturated heterocycles. The number of rotatable bonds is 9. The fourth-order valence-electron chi connectivity index (χ4n) is 8.46. The van der Waals surface area contributed by atoms with Gasteiger partial charge >= 0.3 is 0 Å². The molecule has 11 aromatic rings. The molecule has 0 aliphatic carbocycles. The summed E-state index contributed by atoms with van der Waals surface area (Å²) in [7, 11) is 0. The topological polar surface area (TPSA) is 46.8 Å². The van der Waals surface area contributed by atoms with Crippen molar-refractivity contribution in [2.75, 3.05) is 4.90 Å². The van der Waals surface area contributed by atoms with Crippen LogP contribution in [0.25, 0.3) is 83.9 Å². The lowest BCUT2D eigenvalue weighted by molar-refractivity contribution is 1.07. The van der Waals surface area contributed by atoms with E-state index in [0.717, 1.165) is 56.0 Å². The Balaban J connectivity index is 0.940. The van der Waals surface area contributed by atoms with Crippen LogP contribution in [0.2, 0.25) is 0 Å². The lowest BCUT2D eigenvalue weighted by atomic mass is 9.97. The molecule has 0 amide bonds. The molecule has 11 rings (SSSR count). The predicted molar refractivity (Wildman–Crippen MR) is 256 cm³/mol. The Bertz CT molecular complexity index is 3210. The lowest BCUT2D eigenvalue weighted by Gasteiger charge is -2.27. The maximum atomic E-state index is 4.96. The average Bonchev–Trinajstić information content (AvgIpc) is 3.69. The maximum absolute atomic E-state index is 4.96. The van der Waals surface area contributed by atoms with Gasteiger partial charge in [-0.2, -0.15) is 0 Å².